The van der Waals surface area contributed by atoms with Gasteiger partial charge in [0, 0.05) is 29.4 Å². The van der Waals surface area contributed by atoms with Crippen LogP contribution in [0, 0.1) is 28.6 Å². The van der Waals surface area contributed by atoms with Gasteiger partial charge in [0.2, 0.25) is 0 Å². The van der Waals surface area contributed by atoms with E-state index < -0.39 is 36.4 Å². The summed E-state index contributed by atoms with van der Waals surface area (Å²) in [5.74, 6) is -2.36. The minimum absolute atomic E-state index is 0.0408. The molecule has 8 heteroatoms. The smallest absolute Gasteiger partial charge is 0.336 e. The highest BCUT2D eigenvalue weighted by Gasteiger charge is 2.42. The predicted molar refractivity (Wildman–Crippen MR) is 149 cm³/mol. The van der Waals surface area contributed by atoms with Crippen LogP contribution in [0.3, 0.4) is 0 Å². The van der Waals surface area contributed by atoms with E-state index in [-0.39, 0.29) is 41.3 Å². The van der Waals surface area contributed by atoms with Gasteiger partial charge >= 0.3 is 5.97 Å². The molecule has 2 aliphatic rings. The van der Waals surface area contributed by atoms with Gasteiger partial charge in [0.25, 0.3) is 0 Å². The van der Waals surface area contributed by atoms with Crippen LogP contribution >= 0.6 is 0 Å². The standard InChI is InChI=1S/C30H46N2O6/c1-15-13-16(2)28(38-30-21(7)25(32(11)12)14-17(3)36-30)22(8)26(31-35)23(9)29(34)37-24(10)19(5)18(4)20(6)27(15)33/h15-17,19,22,24-26,28,30H,4,6-7,9,13-14H2,1-3,5,8,10-12H3/t15-,16+,17-,19-,22+,24-,25+,26+,28+,30+/m1/s1. The summed E-state index contributed by atoms with van der Waals surface area (Å²) in [7, 11) is 3.96. The molecule has 0 unspecified atom stereocenters. The largest absolute Gasteiger partial charge is 0.459 e. The van der Waals surface area contributed by atoms with Gasteiger partial charge in [0.05, 0.1) is 17.8 Å². The van der Waals surface area contributed by atoms with Gasteiger partial charge < -0.3 is 19.1 Å². The lowest BCUT2D eigenvalue weighted by Gasteiger charge is -2.42. The van der Waals surface area contributed by atoms with Crippen LogP contribution in [0.4, 0.5) is 0 Å². The molecular weight excluding hydrogens is 484 g/mol. The molecule has 0 N–H and O–H groups in total. The molecule has 0 spiro atoms. The lowest BCUT2D eigenvalue weighted by Crippen LogP contribution is -2.48. The molecule has 2 saturated heterocycles. The fourth-order valence-corrected chi connectivity index (χ4v) is 5.49. The molecule has 38 heavy (non-hydrogen) atoms. The van der Waals surface area contributed by atoms with Gasteiger partial charge in [-0.15, -0.1) is 0 Å². The molecule has 10 atom stereocenters. The first-order valence-electron chi connectivity index (χ1n) is 13.4. The van der Waals surface area contributed by atoms with Crippen LogP contribution in [-0.2, 0) is 23.8 Å². The van der Waals surface area contributed by atoms with Crippen LogP contribution in [0.5, 0.6) is 0 Å². The number of ether oxygens (including phenoxy) is 3. The number of esters is 1. The lowest BCUT2D eigenvalue weighted by molar-refractivity contribution is -0.211. The van der Waals surface area contributed by atoms with E-state index in [0.29, 0.717) is 17.6 Å². The molecule has 2 rings (SSSR count). The number of ketones is 1. The molecular formula is C30H46N2O6. The van der Waals surface area contributed by atoms with E-state index in [1.807, 2.05) is 41.8 Å². The maximum Gasteiger partial charge on any atom is 0.336 e. The van der Waals surface area contributed by atoms with E-state index >= 15 is 0 Å². The van der Waals surface area contributed by atoms with E-state index in [1.54, 1.807) is 13.8 Å². The van der Waals surface area contributed by atoms with E-state index in [4.69, 9.17) is 14.2 Å². The predicted octanol–water partition coefficient (Wildman–Crippen LogP) is 5.25. The van der Waals surface area contributed by atoms with Crippen LogP contribution in [0.15, 0.2) is 53.8 Å². The fraction of sp³-hybridized carbons (Fsp3) is 0.667. The van der Waals surface area contributed by atoms with Gasteiger partial charge in [-0.1, -0.05) is 59.2 Å². The minimum atomic E-state index is -1.09. The second-order valence-corrected chi connectivity index (χ2v) is 11.5. The lowest BCUT2D eigenvalue weighted by atomic mass is 9.78. The number of Topliss-reactive ketones (excluding diaryl/α,β-unsaturated/α-hetero) is 1. The van der Waals surface area contributed by atoms with Crippen molar-refractivity contribution in [1.82, 2.24) is 4.90 Å². The van der Waals surface area contributed by atoms with Crippen LogP contribution in [0.2, 0.25) is 0 Å². The Morgan fingerprint density at radius 3 is 2.11 bits per heavy atom. The quantitative estimate of drug-likeness (QED) is 0.212. The zero-order valence-electron chi connectivity index (χ0n) is 24.4. The topological polar surface area (TPSA) is 94.5 Å². The van der Waals surface area contributed by atoms with Crippen LogP contribution < -0.4 is 0 Å². The van der Waals surface area contributed by atoms with Crippen molar-refractivity contribution in [2.24, 2.45) is 28.8 Å². The Kier molecular flexibility index (Phi) is 11.0. The Morgan fingerprint density at radius 2 is 1.55 bits per heavy atom. The number of hydrogen-bond donors (Lipinski definition) is 0. The monoisotopic (exact) mass is 530 g/mol. The zero-order valence-corrected chi connectivity index (χ0v) is 24.4. The highest BCUT2D eigenvalue weighted by molar-refractivity contribution is 6.00. The molecule has 0 radical (unpaired) electrons. The molecule has 0 bridgehead atoms. The van der Waals surface area contributed by atoms with Gasteiger partial charge in [-0.3, -0.25) is 4.79 Å². The molecule has 0 saturated carbocycles. The Bertz CT molecular complexity index is 972. The molecule has 0 aliphatic carbocycles. The Morgan fingerprint density at radius 1 is 0.947 bits per heavy atom. The number of hydrogen-bond acceptors (Lipinski definition) is 8. The molecule has 212 valence electrons. The van der Waals surface area contributed by atoms with Crippen LogP contribution in [0.1, 0.15) is 54.4 Å². The SMILES string of the molecule is C=C1C(=C)[C@@H](C)[C@@H](C)OC(=O)C(=C)[C@@H](N=O)[C@H](C)[C@@H](O[C@@H]2O[C@H](C)C[C@H](N(C)C)C2=C)[C@@H](C)C[C@@H](C)C1=O. The number of cyclic esters (lactones) is 1. The van der Waals surface area contributed by atoms with Crippen LogP contribution in [-0.4, -0.2) is 67.4 Å². The van der Waals surface area contributed by atoms with Gasteiger partial charge in [-0.05, 0) is 57.8 Å². The van der Waals surface area contributed by atoms with Gasteiger partial charge in [0.1, 0.15) is 12.1 Å². The summed E-state index contributed by atoms with van der Waals surface area (Å²) in [6.45, 7) is 27.3. The van der Waals surface area contributed by atoms with Gasteiger partial charge in [0.15, 0.2) is 12.1 Å². The molecule has 2 aliphatic heterocycles. The second-order valence-electron chi connectivity index (χ2n) is 11.5. The summed E-state index contributed by atoms with van der Waals surface area (Å²) in [6, 6.07) is -1.04. The summed E-state index contributed by atoms with van der Waals surface area (Å²) >= 11 is 0. The fourth-order valence-electron chi connectivity index (χ4n) is 5.49. The Labute approximate surface area is 228 Å². The number of rotatable bonds is 4. The number of carbonyl (C=O) groups excluding carboxylic acids is 2. The van der Waals surface area contributed by atoms with Crippen molar-refractivity contribution >= 4 is 11.8 Å². The van der Waals surface area contributed by atoms with Crippen molar-refractivity contribution in [1.29, 1.82) is 0 Å². The highest BCUT2D eigenvalue weighted by Crippen LogP contribution is 2.36. The summed E-state index contributed by atoms with van der Waals surface area (Å²) < 4.78 is 18.3. The molecule has 8 nitrogen and oxygen atoms in total. The number of nitroso groups, excluding NO2 is 1. The molecule has 0 aromatic heterocycles. The third-order valence-electron chi connectivity index (χ3n) is 8.26. The molecule has 0 aromatic carbocycles. The highest BCUT2D eigenvalue weighted by atomic mass is 16.7. The number of nitrogens with zero attached hydrogens (tertiary/aromatic N) is 2. The second kappa shape index (κ2) is 13.1. The maximum absolute atomic E-state index is 13.3. The summed E-state index contributed by atoms with van der Waals surface area (Å²) in [5.41, 5.74) is 1.57. The first-order chi connectivity index (χ1) is 17.6. The first kappa shape index (κ1) is 31.8. The third kappa shape index (κ3) is 6.96. The van der Waals surface area contributed by atoms with E-state index in [1.165, 1.54) is 0 Å². The number of carbonyl (C=O) groups is 2. The van der Waals surface area contributed by atoms with E-state index in [9.17, 15) is 14.5 Å². The average Bonchev–Trinajstić information content (AvgIpc) is 2.86. The first-order valence-corrected chi connectivity index (χ1v) is 13.4. The Balaban J connectivity index is 2.51. The Hall–Kier alpha value is -2.42. The van der Waals surface area contributed by atoms with Gasteiger partial charge in [-0.25, -0.2) is 4.79 Å². The van der Waals surface area contributed by atoms with Crippen LogP contribution in [0.25, 0.3) is 0 Å². The molecule has 0 aromatic rings. The molecule has 0 amide bonds. The average molecular weight is 531 g/mol. The van der Waals surface area contributed by atoms with E-state index in [2.05, 4.69) is 36.4 Å². The number of likely N-dealkylation sites (N-methyl/N-ethyl adjacent to an activating group) is 1. The maximum atomic E-state index is 13.3. The van der Waals surface area contributed by atoms with Crippen molar-refractivity contribution in [3.8, 4) is 0 Å². The summed E-state index contributed by atoms with van der Waals surface area (Å²) in [4.78, 5) is 40.5. The third-order valence-corrected chi connectivity index (χ3v) is 8.26. The molecule has 2 heterocycles. The minimum Gasteiger partial charge on any atom is -0.459 e. The zero-order chi connectivity index (χ0) is 29.1. The molecule has 2 fully saturated rings. The van der Waals surface area contributed by atoms with Crippen molar-refractivity contribution in [2.75, 3.05) is 14.1 Å². The van der Waals surface area contributed by atoms with E-state index in [0.717, 1.165) is 12.0 Å². The van der Waals surface area contributed by atoms with Crippen molar-refractivity contribution in [3.63, 3.8) is 0 Å². The summed E-state index contributed by atoms with van der Waals surface area (Å²) in [5, 5.41) is 3.29. The van der Waals surface area contributed by atoms with Gasteiger partial charge in [-0.2, -0.15) is 4.91 Å². The normalized spacial score (nSPS) is 38.7. The van der Waals surface area contributed by atoms with Crippen molar-refractivity contribution < 1.29 is 23.8 Å². The number of allylic oxidation sites excluding steroid dienone is 1. The van der Waals surface area contributed by atoms with Crippen molar-refractivity contribution in [2.45, 2.75) is 91.1 Å². The van der Waals surface area contributed by atoms with Crippen molar-refractivity contribution in [3.05, 3.63) is 53.5 Å². The summed E-state index contributed by atoms with van der Waals surface area (Å²) in [6.07, 6.45) is -0.802.